The molecule has 1 aliphatic carbocycles. The maximum atomic E-state index is 13.2. The van der Waals surface area contributed by atoms with Crippen LogP contribution in [0.1, 0.15) is 27.9 Å². The number of ketones is 1. The van der Waals surface area contributed by atoms with Crippen molar-refractivity contribution < 1.29 is 13.9 Å². The first-order valence-corrected chi connectivity index (χ1v) is 6.85. The van der Waals surface area contributed by atoms with Gasteiger partial charge in [-0.05, 0) is 54.3 Å². The minimum absolute atomic E-state index is 0.000545. The van der Waals surface area contributed by atoms with Crippen molar-refractivity contribution in [1.82, 2.24) is 0 Å². The van der Waals surface area contributed by atoms with Gasteiger partial charge in [-0.15, -0.1) is 0 Å². The zero-order valence-electron chi connectivity index (χ0n) is 11.7. The first-order valence-electron chi connectivity index (χ1n) is 6.85. The number of fused-ring (bicyclic) bond motifs is 1. The number of allylic oxidation sites excluding steroid dienone is 1. The summed E-state index contributed by atoms with van der Waals surface area (Å²) in [5.41, 5.74) is 3.14. The Hall–Kier alpha value is -2.42. The van der Waals surface area contributed by atoms with Gasteiger partial charge in [0.15, 0.2) is 5.78 Å². The van der Waals surface area contributed by atoms with Crippen LogP contribution >= 0.6 is 0 Å². The summed E-state index contributed by atoms with van der Waals surface area (Å²) < 4.78 is 18.4. The largest absolute Gasteiger partial charge is 0.497 e. The number of methoxy groups -OCH3 is 1. The third-order valence-electron chi connectivity index (χ3n) is 3.71. The van der Waals surface area contributed by atoms with Crippen LogP contribution in [0.25, 0.3) is 6.08 Å². The van der Waals surface area contributed by atoms with Crippen molar-refractivity contribution in [3.63, 3.8) is 0 Å². The van der Waals surface area contributed by atoms with Crippen LogP contribution in [0.4, 0.5) is 4.39 Å². The van der Waals surface area contributed by atoms with Gasteiger partial charge in [-0.3, -0.25) is 4.79 Å². The third kappa shape index (κ3) is 2.72. The second kappa shape index (κ2) is 5.52. The van der Waals surface area contributed by atoms with Crippen molar-refractivity contribution in [3.05, 3.63) is 70.5 Å². The Kier molecular flexibility index (Phi) is 3.57. The lowest BCUT2D eigenvalue weighted by Crippen LogP contribution is -2.14. The number of carbonyl (C=O) groups is 1. The number of rotatable bonds is 2. The van der Waals surface area contributed by atoms with Crippen LogP contribution in [-0.4, -0.2) is 12.9 Å². The van der Waals surface area contributed by atoms with Gasteiger partial charge in [0.05, 0.1) is 7.11 Å². The van der Waals surface area contributed by atoms with E-state index >= 15 is 0 Å². The normalized spacial score (nSPS) is 15.9. The molecule has 2 aromatic carbocycles. The van der Waals surface area contributed by atoms with Crippen LogP contribution in [0.2, 0.25) is 0 Å². The first-order chi connectivity index (χ1) is 10.2. The highest BCUT2D eigenvalue weighted by Crippen LogP contribution is 2.29. The van der Waals surface area contributed by atoms with Crippen LogP contribution in [0.5, 0.6) is 5.75 Å². The zero-order valence-corrected chi connectivity index (χ0v) is 11.7. The van der Waals surface area contributed by atoms with E-state index in [-0.39, 0.29) is 11.6 Å². The quantitative estimate of drug-likeness (QED) is 0.777. The van der Waals surface area contributed by atoms with Crippen LogP contribution in [0, 0.1) is 5.82 Å². The zero-order chi connectivity index (χ0) is 14.8. The Bertz CT molecular complexity index is 732. The Morgan fingerprint density at radius 1 is 1.14 bits per heavy atom. The fourth-order valence-corrected chi connectivity index (χ4v) is 2.60. The number of carbonyl (C=O) groups excluding carboxylic acids is 1. The maximum Gasteiger partial charge on any atom is 0.189 e. The number of hydrogen-bond donors (Lipinski definition) is 0. The SMILES string of the molecule is COc1ccc2c(c1)C(=O)C(=Cc1cccc(F)c1)CC2. The lowest BCUT2D eigenvalue weighted by Gasteiger charge is -2.18. The van der Waals surface area contributed by atoms with E-state index < -0.39 is 0 Å². The minimum atomic E-state index is -0.297. The molecule has 1 aliphatic rings. The van der Waals surface area contributed by atoms with Crippen molar-refractivity contribution in [1.29, 1.82) is 0 Å². The van der Waals surface area contributed by atoms with Gasteiger partial charge in [-0.25, -0.2) is 4.39 Å². The average Bonchev–Trinajstić information content (AvgIpc) is 2.50. The number of hydrogen-bond acceptors (Lipinski definition) is 2. The molecule has 0 fully saturated rings. The van der Waals surface area contributed by atoms with Crippen LogP contribution in [-0.2, 0) is 6.42 Å². The topological polar surface area (TPSA) is 26.3 Å². The summed E-state index contributed by atoms with van der Waals surface area (Å²) in [6, 6.07) is 11.8. The predicted octanol–water partition coefficient (Wildman–Crippen LogP) is 4.05. The molecule has 0 N–H and O–H groups in total. The molecule has 0 atom stereocenters. The molecule has 0 bridgehead atoms. The smallest absolute Gasteiger partial charge is 0.189 e. The fourth-order valence-electron chi connectivity index (χ4n) is 2.60. The van der Waals surface area contributed by atoms with E-state index in [0.29, 0.717) is 28.9 Å². The summed E-state index contributed by atoms with van der Waals surface area (Å²) in [5.74, 6) is 0.378. The van der Waals surface area contributed by atoms with Crippen LogP contribution < -0.4 is 4.74 Å². The van der Waals surface area contributed by atoms with Gasteiger partial charge >= 0.3 is 0 Å². The number of ether oxygens (including phenoxy) is 1. The molecule has 21 heavy (non-hydrogen) atoms. The molecule has 0 spiro atoms. The molecule has 0 saturated carbocycles. The number of benzene rings is 2. The van der Waals surface area contributed by atoms with Gasteiger partial charge < -0.3 is 4.74 Å². The van der Waals surface area contributed by atoms with Gasteiger partial charge in [0.1, 0.15) is 11.6 Å². The molecule has 3 heteroatoms. The minimum Gasteiger partial charge on any atom is -0.497 e. The van der Waals surface area contributed by atoms with Crippen LogP contribution in [0.15, 0.2) is 48.0 Å². The fraction of sp³-hybridized carbons (Fsp3) is 0.167. The van der Waals surface area contributed by atoms with Crippen molar-refractivity contribution >= 4 is 11.9 Å². The molecule has 2 nitrogen and oxygen atoms in total. The van der Waals surface area contributed by atoms with E-state index in [2.05, 4.69) is 0 Å². The Balaban J connectivity index is 1.98. The molecular formula is C18H15FO2. The molecule has 0 saturated heterocycles. The standard InChI is InChI=1S/C18H15FO2/c1-21-16-8-7-13-5-6-14(18(20)17(13)11-16)9-12-3-2-4-15(19)10-12/h2-4,7-11H,5-6H2,1H3. The lowest BCUT2D eigenvalue weighted by atomic mass is 9.86. The van der Waals surface area contributed by atoms with Crippen molar-refractivity contribution in [2.45, 2.75) is 12.8 Å². The molecule has 0 aliphatic heterocycles. The van der Waals surface area contributed by atoms with E-state index in [0.717, 1.165) is 12.0 Å². The molecular weight excluding hydrogens is 267 g/mol. The molecule has 2 aromatic rings. The summed E-state index contributed by atoms with van der Waals surface area (Å²) in [4.78, 5) is 12.6. The van der Waals surface area contributed by atoms with E-state index in [9.17, 15) is 9.18 Å². The van der Waals surface area contributed by atoms with E-state index in [1.54, 1.807) is 31.4 Å². The van der Waals surface area contributed by atoms with E-state index in [1.165, 1.54) is 12.1 Å². The molecule has 3 rings (SSSR count). The van der Waals surface area contributed by atoms with Gasteiger partial charge in [-0.2, -0.15) is 0 Å². The maximum absolute atomic E-state index is 13.2. The van der Waals surface area contributed by atoms with Gasteiger partial charge in [0, 0.05) is 11.1 Å². The Morgan fingerprint density at radius 3 is 2.76 bits per heavy atom. The number of aryl methyl sites for hydroxylation is 1. The highest BCUT2D eigenvalue weighted by molar-refractivity contribution is 6.13. The summed E-state index contributed by atoms with van der Waals surface area (Å²) in [6.07, 6.45) is 3.26. The van der Waals surface area contributed by atoms with Gasteiger partial charge in [0.2, 0.25) is 0 Å². The summed E-state index contributed by atoms with van der Waals surface area (Å²) in [6.45, 7) is 0. The highest BCUT2D eigenvalue weighted by atomic mass is 19.1. The van der Waals surface area contributed by atoms with Crippen molar-refractivity contribution in [2.24, 2.45) is 0 Å². The first kappa shape index (κ1) is 13.6. The Labute approximate surface area is 122 Å². The summed E-state index contributed by atoms with van der Waals surface area (Å²) >= 11 is 0. The highest BCUT2D eigenvalue weighted by Gasteiger charge is 2.22. The molecule has 0 heterocycles. The van der Waals surface area contributed by atoms with E-state index in [4.69, 9.17) is 4.74 Å². The lowest BCUT2D eigenvalue weighted by molar-refractivity contribution is 0.102. The molecule has 0 amide bonds. The van der Waals surface area contributed by atoms with E-state index in [1.807, 2.05) is 12.1 Å². The van der Waals surface area contributed by atoms with Crippen molar-refractivity contribution in [2.75, 3.05) is 7.11 Å². The average molecular weight is 282 g/mol. The monoisotopic (exact) mass is 282 g/mol. The number of Topliss-reactive ketones (excluding diaryl/α,β-unsaturated/α-hetero) is 1. The third-order valence-corrected chi connectivity index (χ3v) is 3.71. The molecule has 0 radical (unpaired) electrons. The second-order valence-corrected chi connectivity index (χ2v) is 5.08. The second-order valence-electron chi connectivity index (χ2n) is 5.08. The predicted molar refractivity (Wildman–Crippen MR) is 80.0 cm³/mol. The summed E-state index contributed by atoms with van der Waals surface area (Å²) in [5, 5.41) is 0. The Morgan fingerprint density at radius 2 is 2.00 bits per heavy atom. The summed E-state index contributed by atoms with van der Waals surface area (Å²) in [7, 11) is 1.58. The molecule has 106 valence electrons. The van der Waals surface area contributed by atoms with Crippen molar-refractivity contribution in [3.8, 4) is 5.75 Å². The molecule has 0 unspecified atom stereocenters. The molecule has 0 aromatic heterocycles. The van der Waals surface area contributed by atoms with Gasteiger partial charge in [0.25, 0.3) is 0 Å². The number of halogens is 1. The van der Waals surface area contributed by atoms with Gasteiger partial charge in [-0.1, -0.05) is 18.2 Å². The van der Waals surface area contributed by atoms with Crippen LogP contribution in [0.3, 0.4) is 0 Å².